The second-order valence-corrected chi connectivity index (χ2v) is 9.77. The van der Waals surface area contributed by atoms with Crippen molar-refractivity contribution in [2.45, 2.75) is 14.7 Å². The molecule has 0 aromatic heterocycles. The Hall–Kier alpha value is -2.19. The van der Waals surface area contributed by atoms with E-state index in [0.717, 1.165) is 42.5 Å². The number of hydrogen-bond donors (Lipinski definition) is 4. The maximum atomic E-state index is 12.1. The van der Waals surface area contributed by atoms with Gasteiger partial charge >= 0.3 is 0 Å². The Morgan fingerprint density at radius 3 is 1.48 bits per heavy atom. The molecule has 0 fully saturated rings. The fraction of sp³-hybridized carbons (Fsp3) is 0. The van der Waals surface area contributed by atoms with E-state index < -0.39 is 56.4 Å². The monoisotopic (exact) mass is 409 g/mol. The lowest BCUT2D eigenvalue weighted by molar-refractivity contribution is 0.447. The van der Waals surface area contributed by atoms with Crippen molar-refractivity contribution in [3.63, 3.8) is 0 Å². The molecule has 0 aliphatic rings. The molecular formula is C12H11NO9S3. The quantitative estimate of drug-likeness (QED) is 0.496. The van der Waals surface area contributed by atoms with E-state index in [4.69, 9.17) is 4.55 Å². The first-order valence-electron chi connectivity index (χ1n) is 6.20. The summed E-state index contributed by atoms with van der Waals surface area (Å²) in [5.74, 6) is -1.20. The summed E-state index contributed by atoms with van der Waals surface area (Å²) in [5, 5.41) is 18.6. The first-order chi connectivity index (χ1) is 11.3. The van der Waals surface area contributed by atoms with E-state index in [-0.39, 0.29) is 0 Å². The SMILES string of the molecule is O=S(=O)(O)c1ccc(S(=O)(=O)NS(=O)(=O)c2cc(O)cc(O)c2)cc1. The van der Waals surface area contributed by atoms with Gasteiger partial charge in [-0.25, -0.2) is 16.8 Å². The molecular weight excluding hydrogens is 398 g/mol. The Labute approximate surface area is 143 Å². The molecule has 0 saturated carbocycles. The Bertz CT molecular complexity index is 1100. The third-order valence-electron chi connectivity index (χ3n) is 2.84. The molecule has 2 aromatic rings. The van der Waals surface area contributed by atoms with Crippen molar-refractivity contribution < 1.29 is 40.0 Å². The van der Waals surface area contributed by atoms with Crippen molar-refractivity contribution >= 4 is 30.2 Å². The first-order valence-corrected chi connectivity index (χ1v) is 10.6. The summed E-state index contributed by atoms with van der Waals surface area (Å²) in [6, 6.07) is 5.40. The van der Waals surface area contributed by atoms with Crippen molar-refractivity contribution in [3.05, 3.63) is 42.5 Å². The summed E-state index contributed by atoms with van der Waals surface area (Å²) in [7, 11) is -13.8. The predicted molar refractivity (Wildman–Crippen MR) is 83.5 cm³/mol. The zero-order chi connectivity index (χ0) is 19.0. The molecule has 4 N–H and O–H groups in total. The number of rotatable bonds is 5. The summed E-state index contributed by atoms with van der Waals surface area (Å²) in [6.45, 7) is 0. The molecule has 10 nitrogen and oxygen atoms in total. The van der Waals surface area contributed by atoms with Crippen molar-refractivity contribution in [1.29, 1.82) is 0 Å². The van der Waals surface area contributed by atoms with Crippen LogP contribution in [-0.4, -0.2) is 40.0 Å². The molecule has 0 atom stereocenters. The third kappa shape index (κ3) is 4.46. The van der Waals surface area contributed by atoms with E-state index in [2.05, 4.69) is 0 Å². The largest absolute Gasteiger partial charge is 0.508 e. The van der Waals surface area contributed by atoms with Gasteiger partial charge < -0.3 is 10.2 Å². The van der Waals surface area contributed by atoms with Crippen LogP contribution in [-0.2, 0) is 30.2 Å². The molecule has 0 heterocycles. The Morgan fingerprint density at radius 1 is 0.640 bits per heavy atom. The van der Waals surface area contributed by atoms with Crippen LogP contribution in [0.25, 0.3) is 0 Å². The highest BCUT2D eigenvalue weighted by Gasteiger charge is 2.26. The van der Waals surface area contributed by atoms with E-state index in [1.807, 2.05) is 0 Å². The van der Waals surface area contributed by atoms with Gasteiger partial charge in [-0.1, -0.05) is 0 Å². The maximum absolute atomic E-state index is 12.1. The van der Waals surface area contributed by atoms with Crippen LogP contribution < -0.4 is 4.13 Å². The predicted octanol–water partition coefficient (Wildman–Crippen LogP) is 0.0117. The van der Waals surface area contributed by atoms with E-state index in [0.29, 0.717) is 0 Å². The smallest absolute Gasteiger partial charge is 0.294 e. The Balaban J connectivity index is 2.40. The highest BCUT2D eigenvalue weighted by atomic mass is 32.3. The van der Waals surface area contributed by atoms with Crippen LogP contribution in [0.2, 0.25) is 0 Å². The van der Waals surface area contributed by atoms with Crippen LogP contribution in [0.1, 0.15) is 0 Å². The van der Waals surface area contributed by atoms with Gasteiger partial charge in [-0.2, -0.15) is 8.42 Å². The molecule has 0 radical (unpaired) electrons. The summed E-state index contributed by atoms with van der Waals surface area (Å²) >= 11 is 0. The second kappa shape index (κ2) is 6.27. The Morgan fingerprint density at radius 2 is 1.04 bits per heavy atom. The van der Waals surface area contributed by atoms with Crippen LogP contribution in [0.5, 0.6) is 11.5 Å². The second-order valence-electron chi connectivity index (χ2n) is 4.72. The van der Waals surface area contributed by atoms with E-state index in [1.165, 1.54) is 4.13 Å². The van der Waals surface area contributed by atoms with Gasteiger partial charge in [0.05, 0.1) is 14.7 Å². The fourth-order valence-electron chi connectivity index (χ4n) is 1.75. The lowest BCUT2D eigenvalue weighted by Gasteiger charge is -2.09. The molecule has 0 unspecified atom stereocenters. The van der Waals surface area contributed by atoms with Crippen molar-refractivity contribution in [1.82, 2.24) is 4.13 Å². The molecule has 0 saturated heterocycles. The lowest BCUT2D eigenvalue weighted by Crippen LogP contribution is -2.30. The molecule has 0 aliphatic carbocycles. The number of benzene rings is 2. The highest BCUT2D eigenvalue weighted by molar-refractivity contribution is 8.04. The van der Waals surface area contributed by atoms with Crippen LogP contribution in [0.4, 0.5) is 0 Å². The van der Waals surface area contributed by atoms with Crippen molar-refractivity contribution in [2.24, 2.45) is 0 Å². The molecule has 2 rings (SSSR count). The van der Waals surface area contributed by atoms with E-state index in [1.54, 1.807) is 0 Å². The Kier molecular flexibility index (Phi) is 4.80. The number of hydrogen-bond acceptors (Lipinski definition) is 8. The molecule has 0 spiro atoms. The van der Waals surface area contributed by atoms with Crippen LogP contribution in [0.15, 0.2) is 57.2 Å². The number of nitrogens with one attached hydrogen (secondary N) is 1. The average Bonchev–Trinajstić information content (AvgIpc) is 2.44. The molecule has 0 bridgehead atoms. The zero-order valence-corrected chi connectivity index (χ0v) is 14.5. The van der Waals surface area contributed by atoms with Gasteiger partial charge in [0.25, 0.3) is 30.2 Å². The fourth-order valence-corrected chi connectivity index (χ4v) is 5.21. The highest BCUT2D eigenvalue weighted by Crippen LogP contribution is 2.24. The van der Waals surface area contributed by atoms with E-state index in [9.17, 15) is 35.5 Å². The lowest BCUT2D eigenvalue weighted by atomic mass is 10.3. The van der Waals surface area contributed by atoms with Gasteiger partial charge in [-0.05, 0) is 24.3 Å². The van der Waals surface area contributed by atoms with E-state index >= 15 is 0 Å². The van der Waals surface area contributed by atoms with Crippen molar-refractivity contribution in [3.8, 4) is 11.5 Å². The summed E-state index contributed by atoms with van der Waals surface area (Å²) in [5.41, 5.74) is 0. The molecule has 0 amide bonds. The minimum atomic E-state index is -4.68. The van der Waals surface area contributed by atoms with Gasteiger partial charge in [0.15, 0.2) is 0 Å². The number of aromatic hydroxyl groups is 2. The molecule has 0 aliphatic heterocycles. The molecule has 136 valence electrons. The molecule has 25 heavy (non-hydrogen) atoms. The third-order valence-corrected chi connectivity index (χ3v) is 7.21. The van der Waals surface area contributed by atoms with Gasteiger partial charge in [0, 0.05) is 18.2 Å². The number of sulfonamides is 2. The minimum Gasteiger partial charge on any atom is -0.508 e. The normalized spacial score (nSPS) is 12.8. The van der Waals surface area contributed by atoms with Gasteiger partial charge in [0.2, 0.25) is 0 Å². The average molecular weight is 409 g/mol. The van der Waals surface area contributed by atoms with Gasteiger partial charge in [0.1, 0.15) is 11.5 Å². The first kappa shape index (κ1) is 19.1. The van der Waals surface area contributed by atoms with Crippen LogP contribution in [0.3, 0.4) is 0 Å². The maximum Gasteiger partial charge on any atom is 0.294 e. The number of phenolic OH excluding ortho intramolecular Hbond substituents is 2. The summed E-state index contributed by atoms with van der Waals surface area (Å²) in [6.07, 6.45) is 0. The molecule has 13 heteroatoms. The van der Waals surface area contributed by atoms with Crippen LogP contribution >= 0.6 is 0 Å². The molecule has 2 aromatic carbocycles. The van der Waals surface area contributed by atoms with Gasteiger partial charge in [-0.3, -0.25) is 4.55 Å². The topological polar surface area (TPSA) is 175 Å². The van der Waals surface area contributed by atoms with Gasteiger partial charge in [-0.15, -0.1) is 4.13 Å². The standard InChI is InChI=1S/C12H11NO9S3/c14-8-5-9(15)7-12(6-8)24(18,19)13-23(16,17)10-1-3-11(4-2-10)25(20,21)22/h1-7,13-15H,(H,20,21,22). The summed E-state index contributed by atoms with van der Waals surface area (Å²) < 4.78 is 80.5. The van der Waals surface area contributed by atoms with Crippen LogP contribution in [0, 0.1) is 0 Å². The zero-order valence-electron chi connectivity index (χ0n) is 12.1. The number of phenols is 2. The van der Waals surface area contributed by atoms with Crippen molar-refractivity contribution in [2.75, 3.05) is 0 Å². The minimum absolute atomic E-state index is 0.577. The summed E-state index contributed by atoms with van der Waals surface area (Å²) in [4.78, 5) is -1.87.